The van der Waals surface area contributed by atoms with Gasteiger partial charge in [0.2, 0.25) is 12.7 Å². The fourth-order valence-electron chi connectivity index (χ4n) is 4.09. The molecule has 0 bridgehead atoms. The van der Waals surface area contributed by atoms with Crippen molar-refractivity contribution in [3.05, 3.63) is 23.8 Å². The molecule has 3 aliphatic rings. The van der Waals surface area contributed by atoms with Crippen molar-refractivity contribution in [2.24, 2.45) is 0 Å². The van der Waals surface area contributed by atoms with Gasteiger partial charge in [-0.2, -0.15) is 0 Å². The number of carboxylic acid groups (broad SMARTS) is 1. The molecule has 2 N–H and O–H groups in total. The van der Waals surface area contributed by atoms with Gasteiger partial charge >= 0.3 is 5.97 Å². The molecule has 2 saturated heterocycles. The topological polar surface area (TPSA) is 125 Å². The molecule has 4 rings (SSSR count). The Morgan fingerprint density at radius 1 is 1.29 bits per heavy atom. The van der Waals surface area contributed by atoms with Gasteiger partial charge in [0, 0.05) is 20.0 Å². The van der Waals surface area contributed by atoms with Crippen LogP contribution in [0.5, 0.6) is 11.5 Å². The number of aliphatic carboxylic acids is 1. The summed E-state index contributed by atoms with van der Waals surface area (Å²) in [5.74, 6) is -0.726. The number of carbonyl (C=O) groups is 4. The third kappa shape index (κ3) is 4.47. The van der Waals surface area contributed by atoms with Gasteiger partial charge in [-0.25, -0.2) is 9.80 Å². The molecule has 3 atom stereocenters. The van der Waals surface area contributed by atoms with Crippen LogP contribution >= 0.6 is 11.8 Å². The second kappa shape index (κ2) is 8.75. The summed E-state index contributed by atoms with van der Waals surface area (Å²) in [4.78, 5) is 49.1. The molecule has 166 valence electrons. The average Bonchev–Trinajstić information content (AvgIpc) is 3.31. The number of benzene rings is 1. The van der Waals surface area contributed by atoms with E-state index in [0.29, 0.717) is 30.9 Å². The first-order chi connectivity index (χ1) is 14.8. The monoisotopic (exact) mass is 449 g/mol. The van der Waals surface area contributed by atoms with Gasteiger partial charge < -0.3 is 19.9 Å². The van der Waals surface area contributed by atoms with Gasteiger partial charge in [0.15, 0.2) is 16.6 Å². The summed E-state index contributed by atoms with van der Waals surface area (Å²) in [5, 5.41) is 14.1. The number of thioether (sulfide) groups is 1. The van der Waals surface area contributed by atoms with Crippen molar-refractivity contribution in [2.45, 2.75) is 43.5 Å². The maximum atomic E-state index is 13.0. The molecule has 3 aliphatic heterocycles. The summed E-state index contributed by atoms with van der Waals surface area (Å²) in [6.07, 6.45) is 1.30. The van der Waals surface area contributed by atoms with E-state index in [0.717, 1.165) is 17.3 Å². The quantitative estimate of drug-likeness (QED) is 0.635. The lowest BCUT2D eigenvalue weighted by atomic mass is 10.1. The number of hydrogen-bond donors (Lipinski definition) is 2. The Morgan fingerprint density at radius 3 is 2.81 bits per heavy atom. The van der Waals surface area contributed by atoms with Gasteiger partial charge in [-0.1, -0.05) is 17.8 Å². The zero-order chi connectivity index (χ0) is 22.1. The molecule has 0 radical (unpaired) electrons. The van der Waals surface area contributed by atoms with Crippen molar-refractivity contribution in [1.82, 2.24) is 15.3 Å². The molecule has 11 heteroatoms. The van der Waals surface area contributed by atoms with Crippen molar-refractivity contribution in [3.63, 3.8) is 0 Å². The molecule has 1 aromatic carbocycles. The van der Waals surface area contributed by atoms with Gasteiger partial charge in [0.1, 0.15) is 12.1 Å². The van der Waals surface area contributed by atoms with Gasteiger partial charge in [-0.15, -0.1) is 0 Å². The van der Waals surface area contributed by atoms with Crippen LogP contribution in [0.3, 0.4) is 0 Å². The molecule has 10 nitrogen and oxygen atoms in total. The van der Waals surface area contributed by atoms with E-state index in [1.165, 1.54) is 11.9 Å². The van der Waals surface area contributed by atoms with E-state index in [9.17, 15) is 24.3 Å². The van der Waals surface area contributed by atoms with Gasteiger partial charge in [-0.05, 0) is 37.0 Å². The van der Waals surface area contributed by atoms with Crippen molar-refractivity contribution in [2.75, 3.05) is 19.9 Å². The fraction of sp³-hybridized carbons (Fsp3) is 0.500. The van der Waals surface area contributed by atoms with E-state index in [2.05, 4.69) is 5.32 Å². The first-order valence-electron chi connectivity index (χ1n) is 10.0. The number of nitrogens with zero attached hydrogens (tertiary/aromatic N) is 2. The summed E-state index contributed by atoms with van der Waals surface area (Å²) in [7, 11) is 0. The first kappa shape index (κ1) is 21.4. The molecular weight excluding hydrogens is 426 g/mol. The molecule has 0 saturated carbocycles. The summed E-state index contributed by atoms with van der Waals surface area (Å²) < 4.78 is 10.7. The van der Waals surface area contributed by atoms with Gasteiger partial charge in [0.25, 0.3) is 5.91 Å². The Hall–Kier alpha value is -2.79. The van der Waals surface area contributed by atoms with Crippen molar-refractivity contribution >= 4 is 34.7 Å². The lowest BCUT2D eigenvalue weighted by Crippen LogP contribution is -2.54. The fourth-order valence-corrected chi connectivity index (χ4v) is 4.94. The SMILES string of the molecule is CC(=O)S[C@@H](Cc1ccc2c(c1)OCO2)C(=O)NC1CN2CCCC(C(=O)O)N2C1=O. The van der Waals surface area contributed by atoms with E-state index in [-0.39, 0.29) is 24.9 Å². The number of carboxylic acids is 1. The Morgan fingerprint density at radius 2 is 2.06 bits per heavy atom. The summed E-state index contributed by atoms with van der Waals surface area (Å²) in [5.41, 5.74) is 0.794. The Kier molecular flexibility index (Phi) is 6.05. The van der Waals surface area contributed by atoms with Gasteiger partial charge in [0.05, 0.1) is 5.25 Å². The standard InChI is InChI=1S/C20H23N3O7S/c1-11(24)31-17(8-12-4-5-15-16(7-12)30-10-29-15)18(25)21-13-9-22-6-2-3-14(20(27)28)23(22)19(13)26/h4-5,7,13-14,17H,2-3,6,8-10H2,1H3,(H,21,25)(H,27,28)/t13?,14?,17-/m0/s1. The lowest BCUT2D eigenvalue weighted by Gasteiger charge is -2.36. The van der Waals surface area contributed by atoms with Crippen molar-refractivity contribution in [1.29, 1.82) is 0 Å². The molecule has 2 unspecified atom stereocenters. The van der Waals surface area contributed by atoms with E-state index in [1.54, 1.807) is 23.2 Å². The molecule has 2 amide bonds. The second-order valence-electron chi connectivity index (χ2n) is 7.64. The highest BCUT2D eigenvalue weighted by molar-refractivity contribution is 8.14. The number of carbonyl (C=O) groups excluding carboxylic acids is 3. The number of amides is 2. The van der Waals surface area contributed by atoms with Crippen LogP contribution < -0.4 is 14.8 Å². The lowest BCUT2D eigenvalue weighted by molar-refractivity contribution is -0.165. The smallest absolute Gasteiger partial charge is 0.328 e. The molecule has 3 heterocycles. The van der Waals surface area contributed by atoms with Crippen molar-refractivity contribution in [3.8, 4) is 11.5 Å². The van der Waals surface area contributed by atoms with E-state index >= 15 is 0 Å². The highest BCUT2D eigenvalue weighted by Gasteiger charge is 2.47. The van der Waals surface area contributed by atoms with Crippen LogP contribution in [0, 0.1) is 0 Å². The molecule has 2 fully saturated rings. The number of hydrogen-bond acceptors (Lipinski definition) is 8. The Labute approximate surface area is 182 Å². The zero-order valence-corrected chi connectivity index (χ0v) is 17.7. The minimum atomic E-state index is -1.06. The zero-order valence-electron chi connectivity index (χ0n) is 16.9. The van der Waals surface area contributed by atoms with E-state index in [4.69, 9.17) is 9.47 Å². The molecule has 31 heavy (non-hydrogen) atoms. The molecular formula is C20H23N3O7S. The number of nitrogens with one attached hydrogen (secondary N) is 1. The van der Waals surface area contributed by atoms with Crippen LogP contribution in [0.15, 0.2) is 18.2 Å². The van der Waals surface area contributed by atoms with Crippen LogP contribution in [0.1, 0.15) is 25.3 Å². The first-order valence-corrected chi connectivity index (χ1v) is 10.9. The molecule has 0 aromatic heterocycles. The number of hydrazine groups is 1. The maximum Gasteiger partial charge on any atom is 0.328 e. The molecule has 0 spiro atoms. The van der Waals surface area contributed by atoms with Crippen LogP contribution in [-0.4, -0.2) is 75.2 Å². The van der Waals surface area contributed by atoms with Crippen molar-refractivity contribution < 1.29 is 33.8 Å². The predicted octanol–water partition coefficient (Wildman–Crippen LogP) is 0.397. The van der Waals surface area contributed by atoms with Crippen LogP contribution in [0.2, 0.25) is 0 Å². The second-order valence-corrected chi connectivity index (χ2v) is 9.02. The molecule has 1 aromatic rings. The minimum Gasteiger partial charge on any atom is -0.480 e. The Balaban J connectivity index is 1.46. The van der Waals surface area contributed by atoms with Crippen LogP contribution in [-0.2, 0) is 25.6 Å². The van der Waals surface area contributed by atoms with E-state index < -0.39 is 35.1 Å². The minimum absolute atomic E-state index is 0.138. The maximum absolute atomic E-state index is 13.0. The van der Waals surface area contributed by atoms with Crippen LogP contribution in [0.4, 0.5) is 0 Å². The third-order valence-electron chi connectivity index (χ3n) is 5.47. The summed E-state index contributed by atoms with van der Waals surface area (Å²) in [6, 6.07) is 3.56. The number of ether oxygens (including phenoxy) is 2. The van der Waals surface area contributed by atoms with Crippen LogP contribution in [0.25, 0.3) is 0 Å². The summed E-state index contributed by atoms with van der Waals surface area (Å²) >= 11 is 0.896. The highest BCUT2D eigenvalue weighted by atomic mass is 32.2. The highest BCUT2D eigenvalue weighted by Crippen LogP contribution is 2.33. The average molecular weight is 449 g/mol. The van der Waals surface area contributed by atoms with E-state index in [1.807, 2.05) is 0 Å². The molecule has 0 aliphatic carbocycles. The number of fused-ring (bicyclic) bond motifs is 2. The van der Waals surface area contributed by atoms with Gasteiger partial charge in [-0.3, -0.25) is 19.4 Å². The third-order valence-corrected chi connectivity index (χ3v) is 6.47. The summed E-state index contributed by atoms with van der Waals surface area (Å²) in [6.45, 7) is 2.30. The number of rotatable bonds is 6. The Bertz CT molecular complexity index is 924. The normalized spacial score (nSPS) is 23.4. The largest absolute Gasteiger partial charge is 0.480 e. The predicted molar refractivity (Wildman–Crippen MR) is 109 cm³/mol.